The van der Waals surface area contributed by atoms with E-state index >= 15 is 0 Å². The molecule has 110 valence electrons. The Morgan fingerprint density at radius 2 is 2.19 bits per heavy atom. The standard InChI is InChI=1S/C17H20N2O2/c1-3-19-16(11-14(2)18-19)13-21-17-9-6-8-15(12-17)7-4-5-10-20/h6,8-9,11-12,20H,3,5,10,13H2,1-2H3. The number of ether oxygens (including phenoxy) is 1. The van der Waals surface area contributed by atoms with Gasteiger partial charge in [0.1, 0.15) is 12.4 Å². The SMILES string of the molecule is CCn1nc(C)cc1COc1cccc(C#CCCO)c1. The van der Waals surface area contributed by atoms with Gasteiger partial charge in [0.05, 0.1) is 18.0 Å². The first-order valence-electron chi connectivity index (χ1n) is 7.09. The number of aliphatic hydroxyl groups excluding tert-OH is 1. The van der Waals surface area contributed by atoms with Gasteiger partial charge in [0.15, 0.2) is 0 Å². The van der Waals surface area contributed by atoms with Crippen molar-refractivity contribution in [2.24, 2.45) is 0 Å². The van der Waals surface area contributed by atoms with Crippen LogP contribution in [-0.4, -0.2) is 21.5 Å². The van der Waals surface area contributed by atoms with Gasteiger partial charge >= 0.3 is 0 Å². The van der Waals surface area contributed by atoms with Crippen molar-refractivity contribution in [3.05, 3.63) is 47.3 Å². The molecule has 1 aromatic heterocycles. The maximum atomic E-state index is 8.73. The van der Waals surface area contributed by atoms with Crippen LogP contribution in [-0.2, 0) is 13.2 Å². The lowest BCUT2D eigenvalue weighted by atomic mass is 10.2. The Bertz CT molecular complexity index is 650. The van der Waals surface area contributed by atoms with E-state index in [-0.39, 0.29) is 6.61 Å². The van der Waals surface area contributed by atoms with Gasteiger partial charge in [-0.3, -0.25) is 4.68 Å². The molecule has 0 amide bonds. The van der Waals surface area contributed by atoms with E-state index in [1.165, 1.54) is 0 Å². The van der Waals surface area contributed by atoms with Crippen LogP contribution in [0.1, 0.15) is 30.3 Å². The number of hydrogen-bond donors (Lipinski definition) is 1. The molecule has 0 aliphatic rings. The molecular weight excluding hydrogens is 264 g/mol. The van der Waals surface area contributed by atoms with Crippen molar-refractivity contribution in [1.29, 1.82) is 0 Å². The molecule has 0 saturated heterocycles. The average Bonchev–Trinajstić information content (AvgIpc) is 2.86. The fourth-order valence-electron chi connectivity index (χ4n) is 2.03. The van der Waals surface area contributed by atoms with Gasteiger partial charge in [-0.15, -0.1) is 0 Å². The average molecular weight is 284 g/mol. The molecule has 1 aromatic carbocycles. The van der Waals surface area contributed by atoms with Crippen LogP contribution in [0.25, 0.3) is 0 Å². The lowest BCUT2D eigenvalue weighted by Crippen LogP contribution is -2.06. The first kappa shape index (κ1) is 15.1. The van der Waals surface area contributed by atoms with Crippen molar-refractivity contribution in [1.82, 2.24) is 9.78 Å². The fraction of sp³-hybridized carbons (Fsp3) is 0.353. The Balaban J connectivity index is 2.03. The highest BCUT2D eigenvalue weighted by Gasteiger charge is 2.05. The predicted octanol–water partition coefficient (Wildman–Crippen LogP) is 2.52. The second-order valence-electron chi connectivity index (χ2n) is 4.68. The molecule has 21 heavy (non-hydrogen) atoms. The smallest absolute Gasteiger partial charge is 0.130 e. The van der Waals surface area contributed by atoms with E-state index < -0.39 is 0 Å². The summed E-state index contributed by atoms with van der Waals surface area (Å²) in [7, 11) is 0. The van der Waals surface area contributed by atoms with Gasteiger partial charge in [-0.1, -0.05) is 17.9 Å². The van der Waals surface area contributed by atoms with Crippen molar-refractivity contribution in [3.8, 4) is 17.6 Å². The number of nitrogens with zero attached hydrogens (tertiary/aromatic N) is 2. The van der Waals surface area contributed by atoms with Crippen LogP contribution in [0, 0.1) is 18.8 Å². The summed E-state index contributed by atoms with van der Waals surface area (Å²) in [6, 6.07) is 9.70. The van der Waals surface area contributed by atoms with E-state index in [0.29, 0.717) is 13.0 Å². The minimum Gasteiger partial charge on any atom is -0.487 e. The van der Waals surface area contributed by atoms with Crippen LogP contribution in [0.4, 0.5) is 0 Å². The number of aryl methyl sites for hydroxylation is 2. The van der Waals surface area contributed by atoms with E-state index in [9.17, 15) is 0 Å². The van der Waals surface area contributed by atoms with Gasteiger partial charge in [-0.05, 0) is 38.1 Å². The molecule has 1 heterocycles. The summed E-state index contributed by atoms with van der Waals surface area (Å²) in [6.07, 6.45) is 0.486. The summed E-state index contributed by atoms with van der Waals surface area (Å²) in [5.41, 5.74) is 2.95. The first-order chi connectivity index (χ1) is 10.2. The highest BCUT2D eigenvalue weighted by atomic mass is 16.5. The van der Waals surface area contributed by atoms with Crippen LogP contribution in [0.5, 0.6) is 5.75 Å². The minimum atomic E-state index is 0.0869. The molecule has 0 aliphatic heterocycles. The van der Waals surface area contributed by atoms with E-state index in [1.807, 2.05) is 41.9 Å². The van der Waals surface area contributed by atoms with Crippen molar-refractivity contribution >= 4 is 0 Å². The van der Waals surface area contributed by atoms with E-state index in [4.69, 9.17) is 9.84 Å². The lowest BCUT2D eigenvalue weighted by Gasteiger charge is -2.08. The zero-order valence-corrected chi connectivity index (χ0v) is 12.5. The van der Waals surface area contributed by atoms with Gasteiger partial charge in [-0.25, -0.2) is 0 Å². The Morgan fingerprint density at radius 3 is 2.95 bits per heavy atom. The number of rotatable bonds is 5. The molecule has 0 spiro atoms. The zero-order valence-electron chi connectivity index (χ0n) is 12.5. The number of hydrogen-bond acceptors (Lipinski definition) is 3. The van der Waals surface area contributed by atoms with Crippen molar-refractivity contribution in [2.45, 2.75) is 33.4 Å². The summed E-state index contributed by atoms with van der Waals surface area (Å²) in [5.74, 6) is 6.69. The normalized spacial score (nSPS) is 10.0. The van der Waals surface area contributed by atoms with Crippen LogP contribution < -0.4 is 4.74 Å². The molecule has 4 nitrogen and oxygen atoms in total. The number of aliphatic hydroxyl groups is 1. The van der Waals surface area contributed by atoms with E-state index in [0.717, 1.165) is 29.2 Å². The van der Waals surface area contributed by atoms with Crippen LogP contribution >= 0.6 is 0 Å². The summed E-state index contributed by atoms with van der Waals surface area (Å²) in [5, 5.41) is 13.1. The predicted molar refractivity (Wildman–Crippen MR) is 82.0 cm³/mol. The molecular formula is C17H20N2O2. The molecule has 0 fully saturated rings. The topological polar surface area (TPSA) is 47.3 Å². The molecule has 0 atom stereocenters. The Hall–Kier alpha value is -2.25. The third-order valence-corrected chi connectivity index (χ3v) is 2.98. The van der Waals surface area contributed by atoms with Gasteiger partial charge in [0.25, 0.3) is 0 Å². The number of aromatic nitrogens is 2. The third kappa shape index (κ3) is 4.37. The molecule has 1 N–H and O–H groups in total. The minimum absolute atomic E-state index is 0.0869. The Kier molecular flexibility index (Phi) is 5.42. The Labute approximate surface area is 125 Å². The molecule has 0 bridgehead atoms. The van der Waals surface area contributed by atoms with E-state index in [1.54, 1.807) is 0 Å². The monoisotopic (exact) mass is 284 g/mol. The summed E-state index contributed by atoms with van der Waals surface area (Å²) >= 11 is 0. The maximum absolute atomic E-state index is 8.73. The van der Waals surface area contributed by atoms with Crippen molar-refractivity contribution in [3.63, 3.8) is 0 Å². The molecule has 2 rings (SSSR count). The van der Waals surface area contributed by atoms with E-state index in [2.05, 4.69) is 23.9 Å². The lowest BCUT2D eigenvalue weighted by molar-refractivity contribution is 0.292. The fourth-order valence-corrected chi connectivity index (χ4v) is 2.03. The highest BCUT2D eigenvalue weighted by Crippen LogP contribution is 2.15. The summed E-state index contributed by atoms with van der Waals surface area (Å²) in [4.78, 5) is 0. The number of benzene rings is 1. The van der Waals surface area contributed by atoms with Gasteiger partial charge < -0.3 is 9.84 Å². The van der Waals surface area contributed by atoms with Crippen LogP contribution in [0.15, 0.2) is 30.3 Å². The largest absolute Gasteiger partial charge is 0.487 e. The highest BCUT2D eigenvalue weighted by molar-refractivity contribution is 5.39. The van der Waals surface area contributed by atoms with Crippen molar-refractivity contribution in [2.75, 3.05) is 6.61 Å². The van der Waals surface area contributed by atoms with Crippen molar-refractivity contribution < 1.29 is 9.84 Å². The van der Waals surface area contributed by atoms with Gasteiger partial charge in [0, 0.05) is 18.5 Å². The second-order valence-corrected chi connectivity index (χ2v) is 4.68. The molecule has 0 radical (unpaired) electrons. The van der Waals surface area contributed by atoms with Gasteiger partial charge in [0.2, 0.25) is 0 Å². The molecule has 0 saturated carbocycles. The third-order valence-electron chi connectivity index (χ3n) is 2.98. The molecule has 0 unspecified atom stereocenters. The zero-order chi connectivity index (χ0) is 15.1. The maximum Gasteiger partial charge on any atom is 0.130 e. The second kappa shape index (κ2) is 7.51. The molecule has 2 aromatic rings. The molecule has 4 heteroatoms. The quantitative estimate of drug-likeness (QED) is 0.858. The Morgan fingerprint density at radius 1 is 1.33 bits per heavy atom. The summed E-state index contributed by atoms with van der Waals surface area (Å²) < 4.78 is 7.76. The van der Waals surface area contributed by atoms with Crippen LogP contribution in [0.3, 0.4) is 0 Å². The van der Waals surface area contributed by atoms with Gasteiger partial charge in [-0.2, -0.15) is 5.10 Å². The first-order valence-corrected chi connectivity index (χ1v) is 7.09. The van der Waals surface area contributed by atoms with Crippen LogP contribution in [0.2, 0.25) is 0 Å². The summed E-state index contributed by atoms with van der Waals surface area (Å²) in [6.45, 7) is 5.45. The molecule has 0 aliphatic carbocycles.